The molecule has 0 radical (unpaired) electrons. The van der Waals surface area contributed by atoms with Gasteiger partial charge >= 0.3 is 0 Å². The second-order valence-electron chi connectivity index (χ2n) is 3.56. The number of hydrogen-bond donors (Lipinski definition) is 2. The van der Waals surface area contributed by atoms with Crippen molar-refractivity contribution in [2.45, 2.75) is 6.61 Å². The fourth-order valence-corrected chi connectivity index (χ4v) is 1.41. The van der Waals surface area contributed by atoms with Crippen LogP contribution in [0.3, 0.4) is 0 Å². The monoisotopic (exact) mass is 230 g/mol. The molecule has 0 saturated heterocycles. The van der Waals surface area contributed by atoms with E-state index in [0.29, 0.717) is 5.75 Å². The molecule has 2 rings (SSSR count). The van der Waals surface area contributed by atoms with Crippen molar-refractivity contribution in [1.82, 2.24) is 4.98 Å². The van der Waals surface area contributed by atoms with Crippen LogP contribution in [0.4, 0.5) is 5.69 Å². The van der Waals surface area contributed by atoms with Crippen molar-refractivity contribution in [3.8, 4) is 11.5 Å². The van der Waals surface area contributed by atoms with Crippen LogP contribution < -0.4 is 10.1 Å². The highest BCUT2D eigenvalue weighted by molar-refractivity contribution is 5.45. The van der Waals surface area contributed by atoms with Crippen LogP contribution >= 0.6 is 0 Å². The van der Waals surface area contributed by atoms with E-state index in [-0.39, 0.29) is 6.61 Å². The Hall–Kier alpha value is -2.07. The molecule has 0 fully saturated rings. The summed E-state index contributed by atoms with van der Waals surface area (Å²) >= 11 is 0. The molecule has 4 heteroatoms. The molecule has 1 heterocycles. The molecule has 1 aromatic heterocycles. The second-order valence-corrected chi connectivity index (χ2v) is 3.56. The normalized spacial score (nSPS) is 10.0. The highest BCUT2D eigenvalue weighted by atomic mass is 16.5. The molecule has 0 bridgehead atoms. The molecule has 2 N–H and O–H groups in total. The van der Waals surface area contributed by atoms with Gasteiger partial charge in [0.1, 0.15) is 11.5 Å². The molecule has 0 spiro atoms. The third-order valence-electron chi connectivity index (χ3n) is 2.34. The number of nitrogens with one attached hydrogen (secondary N) is 1. The van der Waals surface area contributed by atoms with E-state index in [2.05, 4.69) is 10.3 Å². The van der Waals surface area contributed by atoms with E-state index < -0.39 is 0 Å². The topological polar surface area (TPSA) is 54.4 Å². The van der Waals surface area contributed by atoms with Gasteiger partial charge in [0.15, 0.2) is 0 Å². The maximum absolute atomic E-state index is 8.93. The van der Waals surface area contributed by atoms with Crippen molar-refractivity contribution in [3.05, 3.63) is 48.3 Å². The largest absolute Gasteiger partial charge is 0.456 e. The minimum atomic E-state index is 0.0388. The summed E-state index contributed by atoms with van der Waals surface area (Å²) < 4.78 is 5.64. The first-order valence-corrected chi connectivity index (χ1v) is 5.32. The standard InChI is InChI=1S/C13H14N2O2/c1-14-11-6-13(8-15-7-11)17-12-4-2-10(9-16)3-5-12/h2-8,14,16H,9H2,1H3. The van der Waals surface area contributed by atoms with Gasteiger partial charge in [-0.1, -0.05) is 12.1 Å². The predicted molar refractivity (Wildman–Crippen MR) is 66.2 cm³/mol. The van der Waals surface area contributed by atoms with Gasteiger partial charge in [-0.3, -0.25) is 4.98 Å². The van der Waals surface area contributed by atoms with Crippen LogP contribution in [0.1, 0.15) is 5.56 Å². The number of anilines is 1. The highest BCUT2D eigenvalue weighted by Crippen LogP contribution is 2.23. The quantitative estimate of drug-likeness (QED) is 0.846. The zero-order chi connectivity index (χ0) is 12.1. The molecular weight excluding hydrogens is 216 g/mol. The minimum absolute atomic E-state index is 0.0388. The van der Waals surface area contributed by atoms with Crippen LogP contribution in [0.25, 0.3) is 0 Å². The fraction of sp³-hybridized carbons (Fsp3) is 0.154. The summed E-state index contributed by atoms with van der Waals surface area (Å²) in [5, 5.41) is 11.9. The molecule has 0 amide bonds. The molecule has 0 atom stereocenters. The number of aliphatic hydroxyl groups is 1. The Morgan fingerprint density at radius 2 is 1.94 bits per heavy atom. The van der Waals surface area contributed by atoms with Crippen LogP contribution in [-0.4, -0.2) is 17.1 Å². The summed E-state index contributed by atoms with van der Waals surface area (Å²) in [7, 11) is 1.83. The van der Waals surface area contributed by atoms with Gasteiger partial charge in [0.2, 0.25) is 0 Å². The lowest BCUT2D eigenvalue weighted by Crippen LogP contribution is -1.91. The number of benzene rings is 1. The van der Waals surface area contributed by atoms with E-state index in [1.54, 1.807) is 12.4 Å². The molecule has 2 aromatic rings. The highest BCUT2D eigenvalue weighted by Gasteiger charge is 1.99. The van der Waals surface area contributed by atoms with Crippen LogP contribution in [0.2, 0.25) is 0 Å². The van der Waals surface area contributed by atoms with E-state index in [4.69, 9.17) is 9.84 Å². The zero-order valence-corrected chi connectivity index (χ0v) is 9.55. The molecule has 0 aliphatic heterocycles. The minimum Gasteiger partial charge on any atom is -0.456 e. The first-order chi connectivity index (χ1) is 8.31. The van der Waals surface area contributed by atoms with E-state index in [0.717, 1.165) is 17.0 Å². The van der Waals surface area contributed by atoms with Crippen LogP contribution in [-0.2, 0) is 6.61 Å². The average molecular weight is 230 g/mol. The number of ether oxygens (including phenoxy) is 1. The van der Waals surface area contributed by atoms with Crippen LogP contribution in [0, 0.1) is 0 Å². The van der Waals surface area contributed by atoms with Crippen molar-refractivity contribution in [2.75, 3.05) is 12.4 Å². The molecule has 0 aliphatic carbocycles. The molecular formula is C13H14N2O2. The van der Waals surface area contributed by atoms with Gasteiger partial charge in [0, 0.05) is 13.1 Å². The Morgan fingerprint density at radius 1 is 1.18 bits per heavy atom. The van der Waals surface area contributed by atoms with Crippen molar-refractivity contribution < 1.29 is 9.84 Å². The predicted octanol–water partition coefficient (Wildman–Crippen LogP) is 2.41. The third kappa shape index (κ3) is 2.95. The summed E-state index contributed by atoms with van der Waals surface area (Å²) in [4.78, 5) is 4.06. The summed E-state index contributed by atoms with van der Waals surface area (Å²) in [5.41, 5.74) is 1.76. The van der Waals surface area contributed by atoms with Gasteiger partial charge in [-0.05, 0) is 17.7 Å². The van der Waals surface area contributed by atoms with Crippen LogP contribution in [0.15, 0.2) is 42.7 Å². The molecule has 17 heavy (non-hydrogen) atoms. The van der Waals surface area contributed by atoms with Crippen molar-refractivity contribution in [2.24, 2.45) is 0 Å². The first kappa shape index (κ1) is 11.4. The van der Waals surface area contributed by atoms with Gasteiger partial charge in [-0.25, -0.2) is 0 Å². The van der Waals surface area contributed by atoms with Gasteiger partial charge in [-0.2, -0.15) is 0 Å². The Balaban J connectivity index is 2.13. The van der Waals surface area contributed by atoms with Gasteiger partial charge in [-0.15, -0.1) is 0 Å². The summed E-state index contributed by atoms with van der Waals surface area (Å²) in [5.74, 6) is 1.39. The Morgan fingerprint density at radius 3 is 2.59 bits per heavy atom. The lowest BCUT2D eigenvalue weighted by atomic mass is 10.2. The van der Waals surface area contributed by atoms with E-state index in [9.17, 15) is 0 Å². The number of aromatic nitrogens is 1. The fourth-order valence-electron chi connectivity index (χ4n) is 1.41. The summed E-state index contributed by atoms with van der Waals surface area (Å²) in [6.07, 6.45) is 3.38. The Bertz CT molecular complexity index is 483. The molecule has 88 valence electrons. The van der Waals surface area contributed by atoms with Crippen molar-refractivity contribution in [3.63, 3.8) is 0 Å². The molecule has 0 unspecified atom stereocenters. The van der Waals surface area contributed by atoms with Crippen molar-refractivity contribution >= 4 is 5.69 Å². The maximum Gasteiger partial charge on any atom is 0.147 e. The van der Waals surface area contributed by atoms with Gasteiger partial charge in [0.05, 0.1) is 24.7 Å². The Kier molecular flexibility index (Phi) is 3.57. The maximum atomic E-state index is 8.93. The summed E-state index contributed by atoms with van der Waals surface area (Å²) in [6.45, 7) is 0.0388. The molecule has 1 aromatic carbocycles. The molecule has 0 aliphatic rings. The number of aliphatic hydroxyl groups excluding tert-OH is 1. The lowest BCUT2D eigenvalue weighted by molar-refractivity contribution is 0.281. The number of nitrogens with zero attached hydrogens (tertiary/aromatic N) is 1. The van der Waals surface area contributed by atoms with Crippen molar-refractivity contribution in [1.29, 1.82) is 0 Å². The first-order valence-electron chi connectivity index (χ1n) is 5.32. The third-order valence-corrected chi connectivity index (χ3v) is 2.34. The number of rotatable bonds is 4. The van der Waals surface area contributed by atoms with Gasteiger partial charge < -0.3 is 15.2 Å². The molecule has 4 nitrogen and oxygen atoms in total. The average Bonchev–Trinajstić information content (AvgIpc) is 2.40. The number of hydrogen-bond acceptors (Lipinski definition) is 4. The van der Waals surface area contributed by atoms with E-state index >= 15 is 0 Å². The smallest absolute Gasteiger partial charge is 0.147 e. The van der Waals surface area contributed by atoms with E-state index in [1.807, 2.05) is 37.4 Å². The SMILES string of the molecule is CNc1cncc(Oc2ccc(CO)cc2)c1. The van der Waals surface area contributed by atoms with E-state index in [1.165, 1.54) is 0 Å². The molecule has 0 saturated carbocycles. The second kappa shape index (κ2) is 5.32. The lowest BCUT2D eigenvalue weighted by Gasteiger charge is -2.07. The van der Waals surface area contributed by atoms with Gasteiger partial charge in [0.25, 0.3) is 0 Å². The zero-order valence-electron chi connectivity index (χ0n) is 9.55. The Labute approximate surface area is 99.9 Å². The van der Waals surface area contributed by atoms with Crippen LogP contribution in [0.5, 0.6) is 11.5 Å². The summed E-state index contributed by atoms with van der Waals surface area (Å²) in [6, 6.07) is 9.15. The number of pyridine rings is 1.